The zero-order valence-corrected chi connectivity index (χ0v) is 16.6. The summed E-state index contributed by atoms with van der Waals surface area (Å²) in [5.74, 6) is -0.946. The monoisotopic (exact) mass is 418 g/mol. The highest BCUT2D eigenvalue weighted by molar-refractivity contribution is 5.93. The molecule has 1 saturated heterocycles. The number of aromatic nitrogens is 4. The number of anilines is 2. The number of piperidine rings is 1. The molecule has 0 spiro atoms. The van der Waals surface area contributed by atoms with E-state index in [0.717, 1.165) is 16.8 Å². The molecule has 1 N–H and O–H groups in total. The molecule has 1 aliphatic rings. The van der Waals surface area contributed by atoms with Crippen molar-refractivity contribution in [3.8, 4) is 0 Å². The first-order chi connectivity index (χ1) is 14.2. The number of benzene rings is 1. The largest absolute Gasteiger partial charge is 0.453 e. The van der Waals surface area contributed by atoms with E-state index in [2.05, 4.69) is 20.6 Å². The highest BCUT2D eigenvalue weighted by atomic mass is 19.4. The van der Waals surface area contributed by atoms with Crippen molar-refractivity contribution in [1.82, 2.24) is 19.8 Å². The van der Waals surface area contributed by atoms with Gasteiger partial charge in [0.15, 0.2) is 5.65 Å². The van der Waals surface area contributed by atoms with Crippen LogP contribution in [0.2, 0.25) is 0 Å². The topological polar surface area (TPSA) is 75.4 Å². The van der Waals surface area contributed by atoms with Crippen LogP contribution in [0.25, 0.3) is 5.65 Å². The lowest BCUT2D eigenvalue weighted by molar-refractivity contribution is -0.146. The van der Waals surface area contributed by atoms with Crippen LogP contribution in [0, 0.1) is 19.8 Å². The van der Waals surface area contributed by atoms with Crippen molar-refractivity contribution in [2.45, 2.75) is 32.9 Å². The molecule has 1 amide bonds. The Bertz CT molecular complexity index is 1090. The van der Waals surface area contributed by atoms with Crippen LogP contribution in [-0.2, 0) is 11.0 Å². The Kier molecular flexibility index (Phi) is 5.08. The van der Waals surface area contributed by atoms with E-state index in [4.69, 9.17) is 0 Å². The van der Waals surface area contributed by atoms with Crippen LogP contribution in [0.4, 0.5) is 24.7 Å². The molecule has 3 heterocycles. The molecule has 3 aromatic rings. The standard InChI is InChI=1S/C20H21F3N6O/c1-12-4-3-5-15(13(12)2)24-18(30)14-8-10-28(11-9-14)17-7-6-16-25-26-19(20(21,22)23)29(16)27-17/h3-7,14H,8-11H2,1-2H3,(H,24,30). The maximum absolute atomic E-state index is 13.1. The molecule has 0 radical (unpaired) electrons. The number of fused-ring (bicyclic) bond motifs is 1. The van der Waals surface area contributed by atoms with Crippen molar-refractivity contribution in [1.29, 1.82) is 0 Å². The van der Waals surface area contributed by atoms with Gasteiger partial charge < -0.3 is 10.2 Å². The minimum absolute atomic E-state index is 0.0360. The molecule has 0 atom stereocenters. The molecule has 0 bridgehead atoms. The Morgan fingerprint density at radius 3 is 2.53 bits per heavy atom. The Labute approximate surface area is 170 Å². The molecule has 0 saturated carbocycles. The minimum Gasteiger partial charge on any atom is -0.355 e. The molecule has 1 aliphatic heterocycles. The van der Waals surface area contributed by atoms with E-state index in [1.54, 1.807) is 6.07 Å². The van der Waals surface area contributed by atoms with Gasteiger partial charge in [0.2, 0.25) is 5.91 Å². The number of alkyl halides is 3. The summed E-state index contributed by atoms with van der Waals surface area (Å²) in [7, 11) is 0. The number of aryl methyl sites for hydroxylation is 1. The maximum atomic E-state index is 13.1. The van der Waals surface area contributed by atoms with Crippen molar-refractivity contribution in [2.75, 3.05) is 23.3 Å². The fourth-order valence-corrected chi connectivity index (χ4v) is 3.62. The first kappa shape index (κ1) is 20.1. The SMILES string of the molecule is Cc1cccc(NC(=O)C2CCN(c3ccc4nnc(C(F)(F)F)n4n3)CC2)c1C. The fraction of sp³-hybridized carbons (Fsp3) is 0.400. The van der Waals surface area contributed by atoms with Gasteiger partial charge in [0, 0.05) is 24.7 Å². The summed E-state index contributed by atoms with van der Waals surface area (Å²) in [5.41, 5.74) is 2.99. The van der Waals surface area contributed by atoms with Crippen molar-refractivity contribution in [3.63, 3.8) is 0 Å². The predicted octanol–water partition coefficient (Wildman–Crippen LogP) is 3.62. The van der Waals surface area contributed by atoms with E-state index in [1.807, 2.05) is 36.9 Å². The van der Waals surface area contributed by atoms with Crippen molar-refractivity contribution in [2.24, 2.45) is 5.92 Å². The first-order valence-corrected chi connectivity index (χ1v) is 9.66. The summed E-state index contributed by atoms with van der Waals surface area (Å²) in [6, 6.07) is 8.87. The fourth-order valence-electron chi connectivity index (χ4n) is 3.62. The summed E-state index contributed by atoms with van der Waals surface area (Å²) in [6.45, 7) is 5.00. The number of rotatable bonds is 3. The number of carbonyl (C=O) groups is 1. The smallest absolute Gasteiger partial charge is 0.355 e. The second kappa shape index (κ2) is 7.58. The van der Waals surface area contributed by atoms with E-state index in [1.165, 1.54) is 6.07 Å². The molecule has 0 aliphatic carbocycles. The highest BCUT2D eigenvalue weighted by Gasteiger charge is 2.38. The Morgan fingerprint density at radius 1 is 1.10 bits per heavy atom. The van der Waals surface area contributed by atoms with Crippen LogP contribution in [0.1, 0.15) is 29.8 Å². The lowest BCUT2D eigenvalue weighted by atomic mass is 9.95. The molecule has 1 aromatic carbocycles. The van der Waals surface area contributed by atoms with Gasteiger partial charge in [0.1, 0.15) is 5.82 Å². The molecule has 2 aromatic heterocycles. The van der Waals surface area contributed by atoms with Gasteiger partial charge in [-0.15, -0.1) is 15.3 Å². The summed E-state index contributed by atoms with van der Waals surface area (Å²) in [5, 5.41) is 13.8. The van der Waals surface area contributed by atoms with Gasteiger partial charge in [0.25, 0.3) is 5.82 Å². The number of hydrogen-bond donors (Lipinski definition) is 1. The average Bonchev–Trinajstić information content (AvgIpc) is 3.15. The van der Waals surface area contributed by atoms with Gasteiger partial charge in [-0.3, -0.25) is 4.79 Å². The molecule has 0 unspecified atom stereocenters. The third kappa shape index (κ3) is 3.81. The zero-order valence-electron chi connectivity index (χ0n) is 16.6. The third-order valence-corrected chi connectivity index (χ3v) is 5.55. The summed E-state index contributed by atoms with van der Waals surface area (Å²) >= 11 is 0. The van der Waals surface area contributed by atoms with E-state index in [9.17, 15) is 18.0 Å². The zero-order chi connectivity index (χ0) is 21.5. The third-order valence-electron chi connectivity index (χ3n) is 5.55. The molecule has 7 nitrogen and oxygen atoms in total. The van der Waals surface area contributed by atoms with Crippen LogP contribution in [0.3, 0.4) is 0 Å². The van der Waals surface area contributed by atoms with Gasteiger partial charge >= 0.3 is 6.18 Å². The van der Waals surface area contributed by atoms with E-state index >= 15 is 0 Å². The van der Waals surface area contributed by atoms with Crippen LogP contribution >= 0.6 is 0 Å². The van der Waals surface area contributed by atoms with Gasteiger partial charge in [-0.1, -0.05) is 12.1 Å². The minimum atomic E-state index is -4.63. The van der Waals surface area contributed by atoms with E-state index in [0.29, 0.717) is 36.3 Å². The molecule has 30 heavy (non-hydrogen) atoms. The van der Waals surface area contributed by atoms with Gasteiger partial charge in [-0.05, 0) is 56.0 Å². The van der Waals surface area contributed by atoms with Crippen LogP contribution in [0.15, 0.2) is 30.3 Å². The quantitative estimate of drug-likeness (QED) is 0.703. The van der Waals surface area contributed by atoms with Gasteiger partial charge in [0.05, 0.1) is 0 Å². The van der Waals surface area contributed by atoms with Crippen LogP contribution in [0.5, 0.6) is 0 Å². The van der Waals surface area contributed by atoms with Crippen molar-refractivity contribution < 1.29 is 18.0 Å². The van der Waals surface area contributed by atoms with Crippen LogP contribution < -0.4 is 10.2 Å². The summed E-state index contributed by atoms with van der Waals surface area (Å²) in [4.78, 5) is 14.6. The summed E-state index contributed by atoms with van der Waals surface area (Å²) in [6.07, 6.45) is -3.46. The molecule has 1 fully saturated rings. The van der Waals surface area contributed by atoms with Crippen molar-refractivity contribution in [3.05, 3.63) is 47.3 Å². The number of halogens is 3. The molecule has 158 valence electrons. The number of carbonyl (C=O) groups excluding carboxylic acids is 1. The molecule has 4 rings (SSSR count). The number of nitrogens with one attached hydrogen (secondary N) is 1. The highest BCUT2D eigenvalue weighted by Crippen LogP contribution is 2.29. The Morgan fingerprint density at radius 2 is 1.83 bits per heavy atom. The lowest BCUT2D eigenvalue weighted by Crippen LogP contribution is -2.38. The van der Waals surface area contributed by atoms with E-state index < -0.39 is 12.0 Å². The average molecular weight is 418 g/mol. The Hall–Kier alpha value is -3.17. The predicted molar refractivity (Wildman–Crippen MR) is 105 cm³/mol. The first-order valence-electron chi connectivity index (χ1n) is 9.66. The lowest BCUT2D eigenvalue weighted by Gasteiger charge is -2.32. The van der Waals surface area contributed by atoms with Gasteiger partial charge in [-0.25, -0.2) is 0 Å². The number of amides is 1. The second-order valence-corrected chi connectivity index (χ2v) is 7.48. The number of hydrogen-bond acceptors (Lipinski definition) is 5. The molecular weight excluding hydrogens is 397 g/mol. The normalized spacial score (nSPS) is 15.6. The Balaban J connectivity index is 1.44. The molecule has 10 heteroatoms. The van der Waals surface area contributed by atoms with E-state index in [-0.39, 0.29) is 17.5 Å². The van der Waals surface area contributed by atoms with Crippen molar-refractivity contribution >= 4 is 23.1 Å². The second-order valence-electron chi connectivity index (χ2n) is 7.48. The number of nitrogens with zero attached hydrogens (tertiary/aromatic N) is 5. The summed E-state index contributed by atoms with van der Waals surface area (Å²) < 4.78 is 39.9. The van der Waals surface area contributed by atoms with Crippen LogP contribution in [-0.4, -0.2) is 38.8 Å². The van der Waals surface area contributed by atoms with Gasteiger partial charge in [-0.2, -0.15) is 17.7 Å². The maximum Gasteiger partial charge on any atom is 0.453 e. The molecular formula is C20H21F3N6O.